The van der Waals surface area contributed by atoms with Crippen LogP contribution in [0.2, 0.25) is 0 Å². The summed E-state index contributed by atoms with van der Waals surface area (Å²) in [6, 6.07) is 6.64. The molecule has 0 aliphatic carbocycles. The molecule has 1 nitrogen and oxygen atoms in total. The van der Waals surface area contributed by atoms with E-state index < -0.39 is 0 Å². The van der Waals surface area contributed by atoms with Gasteiger partial charge in [-0.3, -0.25) is 0 Å². The van der Waals surface area contributed by atoms with Crippen molar-refractivity contribution in [2.75, 3.05) is 0 Å². The number of hydrogen-bond acceptors (Lipinski definition) is 1. The Kier molecular flexibility index (Phi) is 3.10. The van der Waals surface area contributed by atoms with Crippen LogP contribution in [0, 0.1) is 19.8 Å². The predicted octanol–water partition coefficient (Wildman–Crippen LogP) is 2.96. The van der Waals surface area contributed by atoms with Crippen LogP contribution in [-0.4, -0.2) is 0 Å². The lowest BCUT2D eigenvalue weighted by atomic mass is 9.92. The van der Waals surface area contributed by atoms with Crippen molar-refractivity contribution in [1.82, 2.24) is 0 Å². The van der Waals surface area contributed by atoms with Gasteiger partial charge in [-0.05, 0) is 30.9 Å². The normalized spacial score (nSPS) is 13.4. The molecular weight excluding hydrogens is 158 g/mol. The molecule has 0 aliphatic heterocycles. The molecular formula is C12H19N. The molecule has 0 radical (unpaired) electrons. The molecule has 72 valence electrons. The largest absolute Gasteiger partial charge is 0.324 e. The van der Waals surface area contributed by atoms with Crippen LogP contribution >= 0.6 is 0 Å². The Bertz CT molecular complexity index is 289. The number of rotatable bonds is 2. The highest BCUT2D eigenvalue weighted by molar-refractivity contribution is 5.32. The molecule has 0 aliphatic rings. The van der Waals surface area contributed by atoms with Gasteiger partial charge in [0.05, 0.1) is 0 Å². The van der Waals surface area contributed by atoms with Gasteiger partial charge in [-0.1, -0.05) is 37.6 Å². The van der Waals surface area contributed by atoms with E-state index in [0.29, 0.717) is 5.92 Å². The SMILES string of the molecule is Cc1ccc(C)c([C@H](N)C(C)C)c1. The monoisotopic (exact) mass is 177 g/mol. The molecule has 0 heterocycles. The Hall–Kier alpha value is -0.820. The first-order chi connectivity index (χ1) is 6.02. The van der Waals surface area contributed by atoms with Crippen molar-refractivity contribution in [2.24, 2.45) is 11.7 Å². The Balaban J connectivity index is 3.05. The molecule has 1 heteroatoms. The van der Waals surface area contributed by atoms with E-state index in [4.69, 9.17) is 5.73 Å². The molecule has 0 saturated carbocycles. The van der Waals surface area contributed by atoms with E-state index in [2.05, 4.69) is 45.9 Å². The Morgan fingerprint density at radius 2 is 1.77 bits per heavy atom. The van der Waals surface area contributed by atoms with E-state index >= 15 is 0 Å². The number of aryl methyl sites for hydroxylation is 2. The minimum absolute atomic E-state index is 0.167. The zero-order chi connectivity index (χ0) is 10.0. The highest BCUT2D eigenvalue weighted by atomic mass is 14.6. The second-order valence-corrected chi connectivity index (χ2v) is 4.13. The lowest BCUT2D eigenvalue weighted by Crippen LogP contribution is -2.17. The first kappa shape index (κ1) is 10.3. The first-order valence-electron chi connectivity index (χ1n) is 4.85. The second-order valence-electron chi connectivity index (χ2n) is 4.13. The molecule has 2 N–H and O–H groups in total. The van der Waals surface area contributed by atoms with Crippen LogP contribution in [0.15, 0.2) is 18.2 Å². The van der Waals surface area contributed by atoms with Crippen molar-refractivity contribution in [2.45, 2.75) is 33.7 Å². The molecule has 1 rings (SSSR count). The third-order valence-corrected chi connectivity index (χ3v) is 2.51. The van der Waals surface area contributed by atoms with E-state index in [1.807, 2.05) is 0 Å². The Morgan fingerprint density at radius 3 is 2.31 bits per heavy atom. The van der Waals surface area contributed by atoms with Crippen molar-refractivity contribution in [3.8, 4) is 0 Å². The number of hydrogen-bond donors (Lipinski definition) is 1. The van der Waals surface area contributed by atoms with Crippen molar-refractivity contribution in [3.63, 3.8) is 0 Å². The topological polar surface area (TPSA) is 26.0 Å². The van der Waals surface area contributed by atoms with Gasteiger partial charge in [-0.15, -0.1) is 0 Å². The summed E-state index contributed by atoms with van der Waals surface area (Å²) in [5.41, 5.74) is 9.98. The third kappa shape index (κ3) is 2.31. The fourth-order valence-corrected chi connectivity index (χ4v) is 1.48. The highest BCUT2D eigenvalue weighted by Gasteiger charge is 2.12. The van der Waals surface area contributed by atoms with Gasteiger partial charge in [0.25, 0.3) is 0 Å². The molecule has 13 heavy (non-hydrogen) atoms. The first-order valence-corrected chi connectivity index (χ1v) is 4.85. The van der Waals surface area contributed by atoms with Crippen LogP contribution in [0.5, 0.6) is 0 Å². The van der Waals surface area contributed by atoms with E-state index in [9.17, 15) is 0 Å². The zero-order valence-electron chi connectivity index (χ0n) is 8.96. The molecule has 0 spiro atoms. The van der Waals surface area contributed by atoms with Gasteiger partial charge in [-0.25, -0.2) is 0 Å². The molecule has 0 unspecified atom stereocenters. The van der Waals surface area contributed by atoms with Crippen LogP contribution in [0.4, 0.5) is 0 Å². The molecule has 0 fully saturated rings. The zero-order valence-corrected chi connectivity index (χ0v) is 8.96. The summed E-state index contributed by atoms with van der Waals surface area (Å²) in [5.74, 6) is 0.500. The maximum absolute atomic E-state index is 6.11. The van der Waals surface area contributed by atoms with Crippen LogP contribution in [0.1, 0.15) is 36.6 Å². The summed E-state index contributed by atoms with van der Waals surface area (Å²) in [7, 11) is 0. The smallest absolute Gasteiger partial charge is 0.0320 e. The van der Waals surface area contributed by atoms with Crippen molar-refractivity contribution < 1.29 is 0 Å². The predicted molar refractivity (Wildman–Crippen MR) is 57.7 cm³/mol. The lowest BCUT2D eigenvalue weighted by molar-refractivity contribution is 0.512. The van der Waals surface area contributed by atoms with E-state index in [1.54, 1.807) is 0 Å². The molecule has 1 aromatic rings. The van der Waals surface area contributed by atoms with E-state index in [1.165, 1.54) is 16.7 Å². The minimum atomic E-state index is 0.167. The maximum Gasteiger partial charge on any atom is 0.0320 e. The Labute approximate surface area is 81.0 Å². The quantitative estimate of drug-likeness (QED) is 0.738. The van der Waals surface area contributed by atoms with Gasteiger partial charge in [0, 0.05) is 6.04 Å². The van der Waals surface area contributed by atoms with Gasteiger partial charge >= 0.3 is 0 Å². The summed E-state index contributed by atoms with van der Waals surface area (Å²) in [6.45, 7) is 8.55. The van der Waals surface area contributed by atoms with E-state index in [0.717, 1.165) is 0 Å². The molecule has 0 amide bonds. The second kappa shape index (κ2) is 3.93. The fourth-order valence-electron chi connectivity index (χ4n) is 1.48. The number of benzene rings is 1. The maximum atomic E-state index is 6.11. The summed E-state index contributed by atoms with van der Waals surface area (Å²) in [5, 5.41) is 0. The molecule has 0 saturated heterocycles. The molecule has 1 atom stereocenters. The van der Waals surface area contributed by atoms with Crippen LogP contribution < -0.4 is 5.73 Å². The van der Waals surface area contributed by atoms with Gasteiger partial charge in [0.2, 0.25) is 0 Å². The van der Waals surface area contributed by atoms with Crippen LogP contribution in [-0.2, 0) is 0 Å². The van der Waals surface area contributed by atoms with E-state index in [-0.39, 0.29) is 6.04 Å². The highest BCUT2D eigenvalue weighted by Crippen LogP contribution is 2.22. The summed E-state index contributed by atoms with van der Waals surface area (Å²) in [6.07, 6.45) is 0. The van der Waals surface area contributed by atoms with Crippen LogP contribution in [0.3, 0.4) is 0 Å². The fraction of sp³-hybridized carbons (Fsp3) is 0.500. The van der Waals surface area contributed by atoms with Crippen molar-refractivity contribution in [3.05, 3.63) is 34.9 Å². The summed E-state index contributed by atoms with van der Waals surface area (Å²) < 4.78 is 0. The molecule has 1 aromatic carbocycles. The van der Waals surface area contributed by atoms with Gasteiger partial charge in [0.15, 0.2) is 0 Å². The summed E-state index contributed by atoms with van der Waals surface area (Å²) >= 11 is 0. The average molecular weight is 177 g/mol. The molecule has 0 bridgehead atoms. The van der Waals surface area contributed by atoms with Gasteiger partial charge in [0.1, 0.15) is 0 Å². The van der Waals surface area contributed by atoms with Crippen LogP contribution in [0.25, 0.3) is 0 Å². The summed E-state index contributed by atoms with van der Waals surface area (Å²) in [4.78, 5) is 0. The lowest BCUT2D eigenvalue weighted by Gasteiger charge is -2.18. The average Bonchev–Trinajstić information content (AvgIpc) is 2.08. The Morgan fingerprint density at radius 1 is 1.15 bits per heavy atom. The van der Waals surface area contributed by atoms with Gasteiger partial charge in [-0.2, -0.15) is 0 Å². The standard InChI is InChI=1S/C12H19N/c1-8(2)12(13)11-7-9(3)5-6-10(11)4/h5-8,12H,13H2,1-4H3/t12-/m1/s1. The molecule has 0 aromatic heterocycles. The number of nitrogens with two attached hydrogens (primary N) is 1. The minimum Gasteiger partial charge on any atom is -0.324 e. The van der Waals surface area contributed by atoms with Gasteiger partial charge < -0.3 is 5.73 Å². The third-order valence-electron chi connectivity index (χ3n) is 2.51. The van der Waals surface area contributed by atoms with Crippen molar-refractivity contribution >= 4 is 0 Å². The van der Waals surface area contributed by atoms with Crippen molar-refractivity contribution in [1.29, 1.82) is 0 Å².